The van der Waals surface area contributed by atoms with Crippen LogP contribution in [-0.2, 0) is 6.54 Å². The van der Waals surface area contributed by atoms with Crippen LogP contribution in [0, 0.1) is 20.8 Å². The fourth-order valence-electron chi connectivity index (χ4n) is 1.85. The van der Waals surface area contributed by atoms with Crippen molar-refractivity contribution in [2.24, 2.45) is 5.73 Å². The molecule has 2 N–H and O–H groups in total. The molecule has 0 aliphatic heterocycles. The molecule has 84 valence electrons. The number of rotatable bonds is 2. The third kappa shape index (κ3) is 1.63. The summed E-state index contributed by atoms with van der Waals surface area (Å²) in [6.45, 7) is 6.75. The smallest absolute Gasteiger partial charge is 0.0693 e. The lowest BCUT2D eigenvalue weighted by molar-refractivity contribution is 0.817. The molecule has 2 aromatic rings. The second-order valence-electron chi connectivity index (χ2n) is 4.04. The molecule has 1 heterocycles. The predicted molar refractivity (Wildman–Crippen MR) is 65.7 cm³/mol. The van der Waals surface area contributed by atoms with E-state index in [4.69, 9.17) is 5.73 Å². The monoisotopic (exact) mass is 215 g/mol. The highest BCUT2D eigenvalue weighted by Crippen LogP contribution is 2.19. The number of nitrogens with two attached hydrogens (primary N) is 1. The minimum Gasteiger partial charge on any atom is -0.326 e. The van der Waals surface area contributed by atoms with E-state index in [0.717, 1.165) is 16.9 Å². The molecule has 3 heteroatoms. The van der Waals surface area contributed by atoms with E-state index in [1.54, 1.807) is 0 Å². The number of aromatic nitrogens is 2. The van der Waals surface area contributed by atoms with Crippen LogP contribution in [0.1, 0.15) is 22.5 Å². The summed E-state index contributed by atoms with van der Waals surface area (Å²) in [5.74, 6) is 0. The van der Waals surface area contributed by atoms with Gasteiger partial charge < -0.3 is 5.73 Å². The van der Waals surface area contributed by atoms with Crippen molar-refractivity contribution in [2.75, 3.05) is 0 Å². The molecule has 0 radical (unpaired) electrons. The first-order chi connectivity index (χ1) is 7.65. The Hall–Kier alpha value is -1.61. The Morgan fingerprint density at radius 1 is 1.19 bits per heavy atom. The minimum atomic E-state index is 0.535. The van der Waals surface area contributed by atoms with E-state index in [0.29, 0.717) is 6.54 Å². The van der Waals surface area contributed by atoms with Crippen LogP contribution in [0.4, 0.5) is 0 Å². The maximum absolute atomic E-state index is 5.74. The topological polar surface area (TPSA) is 43.8 Å². The van der Waals surface area contributed by atoms with Crippen LogP contribution in [0.5, 0.6) is 0 Å². The third-order valence-electron chi connectivity index (χ3n) is 3.09. The Balaban J connectivity index is 2.63. The summed E-state index contributed by atoms with van der Waals surface area (Å²) in [5, 5.41) is 4.55. The van der Waals surface area contributed by atoms with Crippen molar-refractivity contribution in [1.29, 1.82) is 0 Å². The molecule has 0 unspecified atom stereocenters. The van der Waals surface area contributed by atoms with Crippen molar-refractivity contribution in [3.8, 4) is 5.69 Å². The molecule has 3 nitrogen and oxygen atoms in total. The summed E-state index contributed by atoms with van der Waals surface area (Å²) in [6, 6.07) is 8.12. The van der Waals surface area contributed by atoms with Gasteiger partial charge in [-0.1, -0.05) is 18.2 Å². The number of aryl methyl sites for hydroxylation is 1. The number of para-hydroxylation sites is 1. The standard InChI is InChI=1S/C13H17N3/c1-9-10(2)15-16(11(9)3)13-7-5-4-6-12(13)8-14/h4-7H,8,14H2,1-3H3. The van der Waals surface area contributed by atoms with Crippen molar-refractivity contribution in [3.05, 3.63) is 46.8 Å². The highest BCUT2D eigenvalue weighted by Gasteiger charge is 2.10. The Bertz CT molecular complexity index is 512. The van der Waals surface area contributed by atoms with Gasteiger partial charge in [0.25, 0.3) is 0 Å². The molecular formula is C13H17N3. The fraction of sp³-hybridized carbons (Fsp3) is 0.308. The molecule has 0 aliphatic rings. The van der Waals surface area contributed by atoms with Crippen molar-refractivity contribution < 1.29 is 0 Å². The van der Waals surface area contributed by atoms with Gasteiger partial charge in [-0.3, -0.25) is 0 Å². The van der Waals surface area contributed by atoms with Gasteiger partial charge in [-0.25, -0.2) is 4.68 Å². The van der Waals surface area contributed by atoms with Gasteiger partial charge in [0.05, 0.1) is 11.4 Å². The van der Waals surface area contributed by atoms with Gasteiger partial charge in [-0.2, -0.15) is 5.10 Å². The highest BCUT2D eigenvalue weighted by atomic mass is 15.3. The molecule has 0 aliphatic carbocycles. The Morgan fingerprint density at radius 3 is 2.44 bits per heavy atom. The van der Waals surface area contributed by atoms with Crippen molar-refractivity contribution >= 4 is 0 Å². The van der Waals surface area contributed by atoms with E-state index < -0.39 is 0 Å². The zero-order chi connectivity index (χ0) is 11.7. The first-order valence-electron chi connectivity index (χ1n) is 5.46. The quantitative estimate of drug-likeness (QED) is 0.835. The molecule has 0 saturated heterocycles. The van der Waals surface area contributed by atoms with Gasteiger partial charge in [-0.15, -0.1) is 0 Å². The average molecular weight is 215 g/mol. The summed E-state index contributed by atoms with van der Waals surface area (Å²) >= 11 is 0. The van der Waals surface area contributed by atoms with E-state index >= 15 is 0 Å². The number of hydrogen-bond acceptors (Lipinski definition) is 2. The third-order valence-corrected chi connectivity index (χ3v) is 3.09. The summed E-state index contributed by atoms with van der Waals surface area (Å²) in [6.07, 6.45) is 0. The molecule has 0 saturated carbocycles. The van der Waals surface area contributed by atoms with Crippen molar-refractivity contribution in [1.82, 2.24) is 9.78 Å². The van der Waals surface area contributed by atoms with Gasteiger partial charge in [-0.05, 0) is 38.0 Å². The van der Waals surface area contributed by atoms with E-state index in [2.05, 4.69) is 25.0 Å². The zero-order valence-electron chi connectivity index (χ0n) is 9.99. The molecule has 1 aromatic heterocycles. The molecule has 0 atom stereocenters. The Morgan fingerprint density at radius 2 is 1.88 bits per heavy atom. The van der Waals surface area contributed by atoms with E-state index in [1.807, 2.05) is 29.8 Å². The van der Waals surface area contributed by atoms with Crippen LogP contribution in [0.15, 0.2) is 24.3 Å². The van der Waals surface area contributed by atoms with Crippen molar-refractivity contribution in [2.45, 2.75) is 27.3 Å². The Kier molecular flexibility index (Phi) is 2.79. The summed E-state index contributed by atoms with van der Waals surface area (Å²) in [7, 11) is 0. The van der Waals surface area contributed by atoms with Crippen molar-refractivity contribution in [3.63, 3.8) is 0 Å². The van der Waals surface area contributed by atoms with Crippen LogP contribution < -0.4 is 5.73 Å². The highest BCUT2D eigenvalue weighted by molar-refractivity contribution is 5.43. The molecule has 1 aromatic carbocycles. The largest absolute Gasteiger partial charge is 0.326 e. The van der Waals surface area contributed by atoms with Crippen LogP contribution in [-0.4, -0.2) is 9.78 Å². The van der Waals surface area contributed by atoms with E-state index in [-0.39, 0.29) is 0 Å². The summed E-state index contributed by atoms with van der Waals surface area (Å²) < 4.78 is 1.98. The maximum atomic E-state index is 5.74. The second-order valence-corrected chi connectivity index (χ2v) is 4.04. The summed E-state index contributed by atoms with van der Waals surface area (Å²) in [4.78, 5) is 0. The SMILES string of the molecule is Cc1nn(-c2ccccc2CN)c(C)c1C. The van der Waals surface area contributed by atoms with Gasteiger partial charge in [0.2, 0.25) is 0 Å². The summed E-state index contributed by atoms with van der Waals surface area (Å²) in [5.41, 5.74) is 11.4. The Labute approximate surface area is 95.9 Å². The lowest BCUT2D eigenvalue weighted by Crippen LogP contribution is -2.06. The van der Waals surface area contributed by atoms with Crippen LogP contribution >= 0.6 is 0 Å². The fourth-order valence-corrected chi connectivity index (χ4v) is 1.85. The van der Waals surface area contributed by atoms with Gasteiger partial charge in [0, 0.05) is 12.2 Å². The molecule has 0 fully saturated rings. The zero-order valence-corrected chi connectivity index (χ0v) is 9.99. The van der Waals surface area contributed by atoms with Crippen LogP contribution in [0.3, 0.4) is 0 Å². The lowest BCUT2D eigenvalue weighted by Gasteiger charge is -2.09. The molecule has 0 spiro atoms. The minimum absolute atomic E-state index is 0.535. The molecular weight excluding hydrogens is 198 g/mol. The number of nitrogens with zero attached hydrogens (tertiary/aromatic N) is 2. The maximum Gasteiger partial charge on any atom is 0.0693 e. The first kappa shape index (κ1) is 10.9. The predicted octanol–water partition coefficient (Wildman–Crippen LogP) is 2.26. The van der Waals surface area contributed by atoms with Gasteiger partial charge in [0.15, 0.2) is 0 Å². The van der Waals surface area contributed by atoms with Crippen LogP contribution in [0.2, 0.25) is 0 Å². The lowest BCUT2D eigenvalue weighted by atomic mass is 10.1. The van der Waals surface area contributed by atoms with E-state index in [1.165, 1.54) is 11.3 Å². The first-order valence-corrected chi connectivity index (χ1v) is 5.46. The molecule has 0 amide bonds. The second kappa shape index (κ2) is 4.10. The molecule has 0 bridgehead atoms. The number of benzene rings is 1. The van der Waals surface area contributed by atoms with E-state index in [9.17, 15) is 0 Å². The van der Waals surface area contributed by atoms with Gasteiger partial charge in [0.1, 0.15) is 0 Å². The van der Waals surface area contributed by atoms with Gasteiger partial charge >= 0.3 is 0 Å². The molecule has 16 heavy (non-hydrogen) atoms. The normalized spacial score (nSPS) is 10.8. The van der Waals surface area contributed by atoms with Crippen LogP contribution in [0.25, 0.3) is 5.69 Å². The average Bonchev–Trinajstić information content (AvgIpc) is 2.57. The molecule has 2 rings (SSSR count). The number of hydrogen-bond donors (Lipinski definition) is 1.